The van der Waals surface area contributed by atoms with Gasteiger partial charge < -0.3 is 32.7 Å². The highest BCUT2D eigenvalue weighted by molar-refractivity contribution is 7.48. The number of imide groups is 2. The Morgan fingerprint density at radius 1 is 0.732 bits per heavy atom. The maximum Gasteiger partial charge on any atom is 0.474 e. The van der Waals surface area contributed by atoms with Crippen LogP contribution in [-0.2, 0) is 56.6 Å². The maximum atomic E-state index is 14.9. The van der Waals surface area contributed by atoms with Crippen molar-refractivity contribution < 1.29 is 70.0 Å². The van der Waals surface area contributed by atoms with Gasteiger partial charge in [0.1, 0.15) is 47.9 Å². The number of hydrogen-bond donors (Lipinski definition) is 2. The monoisotopic (exact) mass is 1020 g/mol. The van der Waals surface area contributed by atoms with E-state index in [0.717, 1.165) is 16.7 Å². The Morgan fingerprint density at radius 2 is 1.24 bits per heavy atom. The minimum atomic E-state index is -4.54. The number of phosphoric ester groups is 1. The summed E-state index contributed by atoms with van der Waals surface area (Å²) >= 11 is 0. The van der Waals surface area contributed by atoms with Gasteiger partial charge in [0.15, 0.2) is 0 Å². The molecule has 3 aromatic carbocycles. The lowest BCUT2D eigenvalue weighted by Gasteiger charge is -2.72. The lowest BCUT2D eigenvalue weighted by Crippen LogP contribution is -2.92. The molecule has 6 fully saturated rings. The third kappa shape index (κ3) is 8.46. The summed E-state index contributed by atoms with van der Waals surface area (Å²) in [5.41, 5.74) is -2.31. The van der Waals surface area contributed by atoms with Crippen LogP contribution >= 0.6 is 16.3 Å². The fourth-order valence-electron chi connectivity index (χ4n) is 11.5. The smallest absolute Gasteiger partial charge is 0.474 e. The molecule has 20 nitrogen and oxygen atoms in total. The van der Waals surface area contributed by atoms with Crippen LogP contribution in [0, 0.1) is 10.8 Å². The van der Waals surface area contributed by atoms with E-state index in [2.05, 4.69) is 15.3 Å². The van der Waals surface area contributed by atoms with Crippen LogP contribution in [0.15, 0.2) is 78.9 Å². The highest BCUT2D eigenvalue weighted by Crippen LogP contribution is 2.65. The first-order chi connectivity index (χ1) is 33.9. The second-order valence-corrected chi connectivity index (χ2v) is 22.6. The molecule has 12 atom stereocenters. The molecule has 2 unspecified atom stereocenters. The molecule has 4 bridgehead atoms. The number of urea groups is 2. The van der Waals surface area contributed by atoms with Crippen LogP contribution in [0.1, 0.15) is 71.1 Å². The largest absolute Gasteiger partial charge is 0.497 e. The van der Waals surface area contributed by atoms with E-state index in [1.165, 1.54) is 16.9 Å². The first-order valence-corrected chi connectivity index (χ1v) is 26.3. The predicted octanol–water partition coefficient (Wildman–Crippen LogP) is 6.66. The lowest BCUT2D eigenvalue weighted by molar-refractivity contribution is -0.243. The van der Waals surface area contributed by atoms with Crippen molar-refractivity contribution in [3.63, 3.8) is 0 Å². The van der Waals surface area contributed by atoms with Gasteiger partial charge in [0, 0.05) is 39.1 Å². The number of amides is 6. The van der Waals surface area contributed by atoms with Crippen molar-refractivity contribution in [1.29, 1.82) is 0 Å². The number of benzene rings is 3. The molecule has 1 saturated carbocycles. The van der Waals surface area contributed by atoms with Gasteiger partial charge in [-0.1, -0.05) is 54.6 Å². The summed E-state index contributed by atoms with van der Waals surface area (Å²) in [6.45, 7) is 10.7. The van der Waals surface area contributed by atoms with Gasteiger partial charge in [-0.3, -0.25) is 43.6 Å². The molecular weight excluding hydrogens is 961 g/mol. The molecule has 2 N–H and O–H groups in total. The Hall–Kier alpha value is -4.56. The van der Waals surface area contributed by atoms with Crippen molar-refractivity contribution in [2.24, 2.45) is 10.8 Å². The van der Waals surface area contributed by atoms with Crippen LogP contribution in [0.5, 0.6) is 11.5 Å². The van der Waals surface area contributed by atoms with Gasteiger partial charge in [-0.25, -0.2) is 18.8 Å². The van der Waals surface area contributed by atoms with E-state index in [1.54, 1.807) is 35.2 Å². The first-order valence-electron chi connectivity index (χ1n) is 23.7. The molecule has 3 aromatic rings. The van der Waals surface area contributed by atoms with Gasteiger partial charge >= 0.3 is 19.9 Å². The molecule has 0 aromatic heterocycles. The predicted molar refractivity (Wildman–Crippen MR) is 256 cm³/mol. The summed E-state index contributed by atoms with van der Waals surface area (Å²) in [4.78, 5) is 60.1. The van der Waals surface area contributed by atoms with Gasteiger partial charge in [0.25, 0.3) is 8.53 Å². The second kappa shape index (κ2) is 19.7. The zero-order valence-corrected chi connectivity index (χ0v) is 43.3. The van der Waals surface area contributed by atoms with Gasteiger partial charge in [0.05, 0.1) is 56.5 Å². The van der Waals surface area contributed by atoms with Gasteiger partial charge in [0.2, 0.25) is 11.8 Å². The number of ether oxygens (including phenoxy) is 5. The summed E-state index contributed by atoms with van der Waals surface area (Å²) in [7, 11) is -0.357. The third-order valence-corrected chi connectivity index (χ3v) is 18.7. The summed E-state index contributed by atoms with van der Waals surface area (Å²) < 4.78 is 79.7. The van der Waals surface area contributed by atoms with Crippen LogP contribution in [-0.4, -0.2) is 141 Å². The molecule has 6 amide bonds. The van der Waals surface area contributed by atoms with Crippen molar-refractivity contribution >= 4 is 40.2 Å². The fourth-order valence-corrected chi connectivity index (χ4v) is 14.2. The molecule has 1 aliphatic carbocycles. The summed E-state index contributed by atoms with van der Waals surface area (Å²) in [6, 6.07) is 20.7. The van der Waals surface area contributed by atoms with E-state index in [0.29, 0.717) is 11.5 Å². The SMILES string of the molecule is COc1ccc(C(OC[C@H]2O[C@@H]3C[C@@H]2OP(=O)(OC)OC[C@H]2O[C@H](C[C@@H]2OP(OC)N(C(C)C)C(C)C)N2C(=O)NC(=O)[C@]4(C)[C@H]2[C@@H]2N3C(=O)NC(=O)[C@@]24C)(c2ccccc2)c2ccc(OC)cc2)cc1. The van der Waals surface area contributed by atoms with Crippen LogP contribution in [0.25, 0.3) is 0 Å². The molecule has 0 spiro atoms. The molecule has 0 radical (unpaired) electrons. The van der Waals surface area contributed by atoms with Crippen molar-refractivity contribution in [2.75, 3.05) is 41.7 Å². The van der Waals surface area contributed by atoms with Crippen molar-refractivity contribution in [3.8, 4) is 11.5 Å². The fraction of sp³-hybridized carbons (Fsp3) is 0.551. The standard InChI is InChI=1S/C49H63N5O15P2/c1-28(2)54(29(3)4)70(62-9)68-35-24-39-52-41-42-48(6,47(41,5)43(55)50-45(52)57)44(56)51-46(58)53(42)40-25-36(69-71(59,63-10)65-27-38(35)67-39)37(66-40)26-64-49(30-14-12-11-13-15-30,31-16-20-33(60-7)21-17-31)32-18-22-34(61-8)23-19-32/h11-23,28-29,35-42H,24-27H2,1-10H3,(H,50,55,57)(H,51,56,58)/t35-,36-,37+,38+,39+,40+,41+,42-,47-,48+,70?,71?/m0/s1. The van der Waals surface area contributed by atoms with Crippen molar-refractivity contribution in [3.05, 3.63) is 95.6 Å². The number of nitrogens with zero attached hydrogens (tertiary/aromatic N) is 3. The topological polar surface area (TPSA) is 211 Å². The van der Waals surface area contributed by atoms with E-state index < -0.39 is 112 Å². The molecule has 9 rings (SSSR count). The van der Waals surface area contributed by atoms with E-state index >= 15 is 0 Å². The highest BCUT2D eigenvalue weighted by Gasteiger charge is 2.82. The Balaban J connectivity index is 1.14. The Kier molecular flexibility index (Phi) is 14.2. The van der Waals surface area contributed by atoms with Crippen LogP contribution in [0.2, 0.25) is 0 Å². The van der Waals surface area contributed by atoms with E-state index in [9.17, 15) is 23.7 Å². The number of carbonyl (C=O) groups is 4. The van der Waals surface area contributed by atoms with Gasteiger partial charge in [-0.05, 0) is 82.5 Å². The Morgan fingerprint density at radius 3 is 1.72 bits per heavy atom. The minimum absolute atomic E-state index is 0.00523. The molecule has 5 aliphatic heterocycles. The highest BCUT2D eigenvalue weighted by atomic mass is 31.2. The van der Waals surface area contributed by atoms with Gasteiger partial charge in [-0.15, -0.1) is 0 Å². The lowest BCUT2D eigenvalue weighted by atomic mass is 9.42. The van der Waals surface area contributed by atoms with Gasteiger partial charge in [-0.2, -0.15) is 0 Å². The van der Waals surface area contributed by atoms with E-state index in [4.69, 9.17) is 46.3 Å². The van der Waals surface area contributed by atoms with E-state index in [-0.39, 0.29) is 31.5 Å². The molecule has 384 valence electrons. The summed E-state index contributed by atoms with van der Waals surface area (Å²) in [5, 5.41) is 4.97. The molecule has 22 heteroatoms. The molecule has 6 aliphatic rings. The third-order valence-electron chi connectivity index (χ3n) is 15.1. The van der Waals surface area contributed by atoms with Crippen molar-refractivity contribution in [1.82, 2.24) is 25.1 Å². The minimum Gasteiger partial charge on any atom is -0.497 e. The zero-order valence-electron chi connectivity index (χ0n) is 41.5. The number of methoxy groups -OCH3 is 2. The number of fused-ring (bicyclic) bond motifs is 7. The Labute approximate surface area is 414 Å². The van der Waals surface area contributed by atoms with E-state index in [1.807, 2.05) is 107 Å². The molecular formula is C49H63N5O15P2. The molecule has 5 heterocycles. The average Bonchev–Trinajstić information content (AvgIpc) is 3.95. The molecule has 71 heavy (non-hydrogen) atoms. The summed E-state index contributed by atoms with van der Waals surface area (Å²) in [6.07, 6.45) is -6.46. The quantitative estimate of drug-likeness (QED) is 0.120. The number of phosphoric acid groups is 1. The zero-order chi connectivity index (χ0) is 50.8. The van der Waals surface area contributed by atoms with Crippen molar-refractivity contribution in [2.45, 2.75) is 121 Å². The number of nitrogens with one attached hydrogen (secondary N) is 2. The van der Waals surface area contributed by atoms with Crippen LogP contribution in [0.4, 0.5) is 9.59 Å². The summed E-state index contributed by atoms with van der Waals surface area (Å²) in [5.74, 6) is -0.127. The molecule has 5 saturated heterocycles. The normalized spacial score (nSPS) is 33.1. The second-order valence-electron chi connectivity index (χ2n) is 19.4. The van der Waals surface area contributed by atoms with Crippen LogP contribution < -0.4 is 20.1 Å². The Bertz CT molecular complexity index is 2470. The average molecular weight is 1020 g/mol. The number of rotatable bonds is 15. The maximum absolute atomic E-state index is 14.9. The first kappa shape index (κ1) is 51.3. The number of hydrogen-bond acceptors (Lipinski definition) is 16. The van der Waals surface area contributed by atoms with Crippen LogP contribution in [0.3, 0.4) is 0 Å². The number of carbonyl (C=O) groups excluding carboxylic acids is 4.